The first-order chi connectivity index (χ1) is 18.5. The molecule has 0 radical (unpaired) electrons. The van der Waals surface area contributed by atoms with Crippen LogP contribution in [0.2, 0.25) is 0 Å². The number of amides is 1. The molecule has 4 rings (SSSR count). The molecule has 1 N–H and O–H groups in total. The van der Waals surface area contributed by atoms with Crippen molar-refractivity contribution in [1.82, 2.24) is 4.90 Å². The highest BCUT2D eigenvalue weighted by atomic mass is 16.5. The van der Waals surface area contributed by atoms with Gasteiger partial charge in [0, 0.05) is 17.8 Å². The molecule has 0 spiro atoms. The van der Waals surface area contributed by atoms with E-state index < -0.39 is 11.9 Å². The second-order valence-electron chi connectivity index (χ2n) is 11.5. The van der Waals surface area contributed by atoms with Gasteiger partial charge >= 0.3 is 5.97 Å². The van der Waals surface area contributed by atoms with Gasteiger partial charge in [0.2, 0.25) is 0 Å². The number of ether oxygens (including phenoxy) is 1. The first-order valence-electron chi connectivity index (χ1n) is 13.8. The van der Waals surface area contributed by atoms with Gasteiger partial charge in [0.15, 0.2) is 17.6 Å². The number of ketones is 1. The molecule has 7 heteroatoms. The molecular formula is C32H39NO6. The largest absolute Gasteiger partial charge is 0.482 e. The van der Waals surface area contributed by atoms with Gasteiger partial charge in [-0.2, -0.15) is 0 Å². The van der Waals surface area contributed by atoms with E-state index in [4.69, 9.17) is 14.3 Å². The van der Waals surface area contributed by atoms with Crippen LogP contribution in [0.15, 0.2) is 46.9 Å². The Morgan fingerprint density at radius 3 is 2.64 bits per heavy atom. The molecule has 2 unspecified atom stereocenters. The molecular weight excluding hydrogens is 494 g/mol. The second-order valence-corrected chi connectivity index (χ2v) is 11.5. The van der Waals surface area contributed by atoms with Crippen molar-refractivity contribution in [2.75, 3.05) is 13.6 Å². The lowest BCUT2D eigenvalue weighted by Gasteiger charge is -2.33. The van der Waals surface area contributed by atoms with Crippen LogP contribution in [0, 0.1) is 12.3 Å². The van der Waals surface area contributed by atoms with E-state index in [0.717, 1.165) is 65.7 Å². The summed E-state index contributed by atoms with van der Waals surface area (Å²) in [5, 5.41) is 9.77. The fourth-order valence-corrected chi connectivity index (χ4v) is 5.51. The summed E-state index contributed by atoms with van der Waals surface area (Å²) in [7, 11) is 1.44. The van der Waals surface area contributed by atoms with Crippen LogP contribution in [0.5, 0.6) is 5.75 Å². The summed E-state index contributed by atoms with van der Waals surface area (Å²) in [6.45, 7) is 7.87. The predicted molar refractivity (Wildman–Crippen MR) is 150 cm³/mol. The third kappa shape index (κ3) is 6.52. The van der Waals surface area contributed by atoms with Crippen molar-refractivity contribution in [2.45, 2.75) is 78.2 Å². The number of Topliss-reactive ketones (excluding diaryl/α,β-unsaturated/α-hetero) is 1. The molecule has 1 heterocycles. The maximum atomic E-state index is 12.8. The summed E-state index contributed by atoms with van der Waals surface area (Å²) in [5.41, 5.74) is 3.74. The summed E-state index contributed by atoms with van der Waals surface area (Å²) in [6.07, 6.45) is 5.15. The molecule has 1 saturated carbocycles. The number of aliphatic carboxylic acids is 1. The van der Waals surface area contributed by atoms with Crippen LogP contribution in [0.3, 0.4) is 0 Å². The van der Waals surface area contributed by atoms with Crippen LogP contribution in [0.4, 0.5) is 0 Å². The highest BCUT2D eigenvalue weighted by Gasteiger charge is 2.38. The summed E-state index contributed by atoms with van der Waals surface area (Å²) in [4.78, 5) is 37.4. The lowest BCUT2D eigenvalue weighted by atomic mass is 9.75. The van der Waals surface area contributed by atoms with Crippen LogP contribution in [0.1, 0.15) is 86.0 Å². The number of rotatable bonds is 10. The number of nitrogens with zero attached hydrogens (tertiary/aromatic N) is 1. The molecule has 39 heavy (non-hydrogen) atoms. The van der Waals surface area contributed by atoms with Gasteiger partial charge in [-0.3, -0.25) is 14.4 Å². The molecule has 2 aromatic carbocycles. The lowest BCUT2D eigenvalue weighted by Crippen LogP contribution is -2.42. The smallest absolute Gasteiger partial charge is 0.323 e. The molecule has 2 atom stereocenters. The molecule has 1 amide bonds. The van der Waals surface area contributed by atoms with Gasteiger partial charge in [0.1, 0.15) is 17.9 Å². The van der Waals surface area contributed by atoms with Crippen molar-refractivity contribution in [3.8, 4) is 5.75 Å². The number of carbonyl (C=O) groups excluding carboxylic acids is 2. The number of carboxylic acid groups (broad SMARTS) is 1. The van der Waals surface area contributed by atoms with Crippen LogP contribution >= 0.6 is 0 Å². The lowest BCUT2D eigenvalue weighted by molar-refractivity contribution is -0.138. The Balaban J connectivity index is 1.41. The second kappa shape index (κ2) is 11.6. The Morgan fingerprint density at radius 1 is 1.18 bits per heavy atom. The van der Waals surface area contributed by atoms with Crippen molar-refractivity contribution in [3.63, 3.8) is 0 Å². The quantitative estimate of drug-likeness (QED) is 0.317. The van der Waals surface area contributed by atoms with E-state index in [-0.39, 0.29) is 29.6 Å². The fraction of sp³-hybridized carbons (Fsp3) is 0.469. The molecule has 3 aromatic rings. The van der Waals surface area contributed by atoms with E-state index in [0.29, 0.717) is 11.5 Å². The van der Waals surface area contributed by atoms with Gasteiger partial charge in [0.05, 0.1) is 0 Å². The van der Waals surface area contributed by atoms with Gasteiger partial charge in [0.25, 0.3) is 5.91 Å². The maximum absolute atomic E-state index is 12.8. The van der Waals surface area contributed by atoms with E-state index in [1.807, 2.05) is 45.0 Å². The van der Waals surface area contributed by atoms with Crippen LogP contribution in [-0.2, 0) is 16.0 Å². The summed E-state index contributed by atoms with van der Waals surface area (Å²) in [5.74, 6) is -0.0455. The van der Waals surface area contributed by atoms with Gasteiger partial charge in [-0.15, -0.1) is 0 Å². The highest BCUT2D eigenvalue weighted by Crippen LogP contribution is 2.36. The number of aryl methyl sites for hydroxylation is 2. The molecule has 208 valence electrons. The van der Waals surface area contributed by atoms with E-state index in [1.54, 1.807) is 6.07 Å². The number of likely N-dealkylation sites (N-methyl/N-ethyl adjacent to an activating group) is 1. The monoisotopic (exact) mass is 533 g/mol. The number of hydrogen-bond donors (Lipinski definition) is 1. The molecule has 1 aromatic heterocycles. The fourth-order valence-electron chi connectivity index (χ4n) is 5.51. The van der Waals surface area contributed by atoms with Crippen LogP contribution in [-0.4, -0.2) is 47.4 Å². The van der Waals surface area contributed by atoms with E-state index in [1.165, 1.54) is 12.6 Å². The first kappa shape index (κ1) is 28.4. The zero-order valence-corrected chi connectivity index (χ0v) is 23.6. The zero-order chi connectivity index (χ0) is 28.3. The number of furan rings is 1. The summed E-state index contributed by atoms with van der Waals surface area (Å²) < 4.78 is 11.9. The minimum atomic E-state index is -1.07. The number of fused-ring (bicyclic) bond motifs is 1. The number of hydrogen-bond acceptors (Lipinski definition) is 5. The summed E-state index contributed by atoms with van der Waals surface area (Å²) >= 11 is 0. The van der Waals surface area contributed by atoms with E-state index in [2.05, 4.69) is 19.1 Å². The Kier molecular flexibility index (Phi) is 8.48. The predicted octanol–water partition coefficient (Wildman–Crippen LogP) is 6.55. The van der Waals surface area contributed by atoms with Crippen molar-refractivity contribution in [1.29, 1.82) is 0 Å². The average molecular weight is 534 g/mol. The third-order valence-corrected chi connectivity index (χ3v) is 7.95. The van der Waals surface area contributed by atoms with Gasteiger partial charge in [-0.1, -0.05) is 39.0 Å². The van der Waals surface area contributed by atoms with Crippen molar-refractivity contribution < 1.29 is 28.6 Å². The van der Waals surface area contributed by atoms with Crippen LogP contribution < -0.4 is 4.74 Å². The minimum Gasteiger partial charge on any atom is -0.482 e. The average Bonchev–Trinajstić information content (AvgIpc) is 3.31. The zero-order valence-electron chi connectivity index (χ0n) is 23.6. The molecule has 7 nitrogen and oxygen atoms in total. The number of carboxylic acids is 1. The Bertz CT molecular complexity index is 1370. The molecule has 1 aliphatic carbocycles. The standard InChI is InChI=1S/C32H39NO6/c1-6-22(23-12-14-25(20(2)16-23)38-27-8-7-15-32(3,4)30(27)36)11-9-21-10-13-26-24(17-21)18-28(39-26)31(37)33(5)19-29(34)35/h10,12-14,16-18,22,27H,6-9,11,15,19H2,1-5H3,(H,34,35). The molecule has 1 aliphatic rings. The molecule has 0 bridgehead atoms. The Morgan fingerprint density at radius 2 is 1.95 bits per heavy atom. The number of carbonyl (C=O) groups is 3. The Hall–Kier alpha value is -3.61. The highest BCUT2D eigenvalue weighted by molar-refractivity contribution is 5.97. The Labute approximate surface area is 230 Å². The van der Waals surface area contributed by atoms with Crippen molar-refractivity contribution >= 4 is 28.6 Å². The first-order valence-corrected chi connectivity index (χ1v) is 13.8. The van der Waals surface area contributed by atoms with Gasteiger partial charge in [-0.25, -0.2) is 0 Å². The van der Waals surface area contributed by atoms with Crippen LogP contribution in [0.25, 0.3) is 11.0 Å². The van der Waals surface area contributed by atoms with Crippen molar-refractivity contribution in [3.05, 3.63) is 64.9 Å². The topological polar surface area (TPSA) is 97.1 Å². The third-order valence-electron chi connectivity index (χ3n) is 7.95. The maximum Gasteiger partial charge on any atom is 0.323 e. The van der Waals surface area contributed by atoms with Gasteiger partial charge in [-0.05, 0) is 92.3 Å². The molecule has 0 saturated heterocycles. The van der Waals surface area contributed by atoms with Gasteiger partial charge < -0.3 is 19.2 Å². The number of benzene rings is 2. The normalized spacial score (nSPS) is 17.7. The minimum absolute atomic E-state index is 0.133. The summed E-state index contributed by atoms with van der Waals surface area (Å²) in [6, 6.07) is 13.9. The molecule has 0 aliphatic heterocycles. The SMILES string of the molecule is CCC(CCc1ccc2oc(C(=O)N(C)CC(=O)O)cc2c1)c1ccc(OC2CCCC(C)(C)C2=O)c(C)c1. The van der Waals surface area contributed by atoms with E-state index in [9.17, 15) is 14.4 Å². The van der Waals surface area contributed by atoms with E-state index >= 15 is 0 Å². The molecule has 1 fully saturated rings. The van der Waals surface area contributed by atoms with Crippen molar-refractivity contribution in [2.24, 2.45) is 5.41 Å².